The molecule has 0 aliphatic heterocycles. The molecular formula is C10H6BrFN2. The molecule has 0 atom stereocenters. The maximum Gasteiger partial charge on any atom is 0.139 e. The molecule has 0 aliphatic rings. The van der Waals surface area contributed by atoms with Gasteiger partial charge in [-0.05, 0) is 33.6 Å². The highest BCUT2D eigenvalue weighted by Gasteiger charge is 2.07. The quantitative estimate of drug-likeness (QED) is 0.833. The number of fused-ring (bicyclic) bond motifs is 1. The molecule has 0 amide bonds. The minimum absolute atomic E-state index is 0.303. The Kier molecular flexibility index (Phi) is 2.26. The number of benzene rings is 1. The number of aromatic nitrogens is 1. The lowest BCUT2D eigenvalue weighted by atomic mass is 10.1. The van der Waals surface area contributed by atoms with E-state index in [1.807, 2.05) is 0 Å². The molecule has 0 saturated heterocycles. The van der Waals surface area contributed by atoms with Gasteiger partial charge in [0.1, 0.15) is 5.82 Å². The van der Waals surface area contributed by atoms with Crippen LogP contribution in [0.15, 0.2) is 22.8 Å². The Balaban J connectivity index is 2.69. The van der Waals surface area contributed by atoms with Gasteiger partial charge in [0.25, 0.3) is 0 Å². The zero-order valence-electron chi connectivity index (χ0n) is 7.14. The van der Waals surface area contributed by atoms with Gasteiger partial charge in [-0.3, -0.25) is 0 Å². The van der Waals surface area contributed by atoms with Crippen LogP contribution in [-0.2, 0) is 6.42 Å². The zero-order valence-corrected chi connectivity index (χ0v) is 8.73. The van der Waals surface area contributed by atoms with Crippen molar-refractivity contribution in [2.75, 3.05) is 0 Å². The molecule has 4 heteroatoms. The van der Waals surface area contributed by atoms with Crippen LogP contribution in [0.4, 0.5) is 4.39 Å². The first-order valence-electron chi connectivity index (χ1n) is 4.04. The molecule has 14 heavy (non-hydrogen) atoms. The predicted octanol–water partition coefficient (Wildman–Crippen LogP) is 3.14. The zero-order chi connectivity index (χ0) is 10.1. The molecule has 2 nitrogen and oxygen atoms in total. The van der Waals surface area contributed by atoms with Gasteiger partial charge in [0.2, 0.25) is 0 Å². The summed E-state index contributed by atoms with van der Waals surface area (Å²) in [6.07, 6.45) is 2.07. The summed E-state index contributed by atoms with van der Waals surface area (Å²) in [7, 11) is 0. The third-order valence-corrected chi connectivity index (χ3v) is 2.69. The molecule has 0 spiro atoms. The molecular weight excluding hydrogens is 247 g/mol. The van der Waals surface area contributed by atoms with Crippen LogP contribution in [0.5, 0.6) is 0 Å². The molecule has 0 unspecified atom stereocenters. The van der Waals surface area contributed by atoms with Crippen LogP contribution in [0, 0.1) is 17.1 Å². The first kappa shape index (κ1) is 9.22. The Hall–Kier alpha value is -1.34. The van der Waals surface area contributed by atoms with Crippen molar-refractivity contribution < 1.29 is 4.39 Å². The standard InChI is InChI=1S/C10H6BrFN2/c11-8-3-7-6(1-2-13)5-14-10(7)4-9(8)12/h3-5,14H,1H2. The van der Waals surface area contributed by atoms with E-state index in [0.717, 1.165) is 16.5 Å². The molecule has 2 aromatic rings. The van der Waals surface area contributed by atoms with Gasteiger partial charge in [-0.2, -0.15) is 5.26 Å². The minimum atomic E-state index is -0.303. The van der Waals surface area contributed by atoms with Gasteiger partial charge < -0.3 is 4.98 Å². The topological polar surface area (TPSA) is 39.6 Å². The van der Waals surface area contributed by atoms with Crippen LogP contribution in [0.3, 0.4) is 0 Å². The number of hydrogen-bond acceptors (Lipinski definition) is 1. The maximum atomic E-state index is 13.1. The second-order valence-electron chi connectivity index (χ2n) is 2.96. The van der Waals surface area contributed by atoms with Crippen LogP contribution >= 0.6 is 15.9 Å². The van der Waals surface area contributed by atoms with Crippen molar-refractivity contribution in [3.63, 3.8) is 0 Å². The lowest BCUT2D eigenvalue weighted by Crippen LogP contribution is -1.80. The molecule has 0 fully saturated rings. The monoisotopic (exact) mass is 252 g/mol. The highest BCUT2D eigenvalue weighted by Crippen LogP contribution is 2.25. The minimum Gasteiger partial charge on any atom is -0.361 e. The Bertz CT molecular complexity index is 525. The van der Waals surface area contributed by atoms with Gasteiger partial charge in [-0.15, -0.1) is 0 Å². The number of nitrogens with zero attached hydrogens (tertiary/aromatic N) is 1. The van der Waals surface area contributed by atoms with Crippen molar-refractivity contribution in [2.45, 2.75) is 6.42 Å². The largest absolute Gasteiger partial charge is 0.361 e. The lowest BCUT2D eigenvalue weighted by molar-refractivity contribution is 0.623. The number of H-pyrrole nitrogens is 1. The molecule has 1 heterocycles. The van der Waals surface area contributed by atoms with Crippen molar-refractivity contribution in [3.8, 4) is 6.07 Å². The summed E-state index contributed by atoms with van der Waals surface area (Å²) in [6, 6.07) is 5.17. The van der Waals surface area contributed by atoms with Crippen molar-refractivity contribution >= 4 is 26.8 Å². The summed E-state index contributed by atoms with van der Waals surface area (Å²) in [4.78, 5) is 2.93. The smallest absolute Gasteiger partial charge is 0.139 e. The number of nitrogens with one attached hydrogen (secondary N) is 1. The fraction of sp³-hybridized carbons (Fsp3) is 0.100. The second kappa shape index (κ2) is 3.43. The van der Waals surface area contributed by atoms with Crippen molar-refractivity contribution in [3.05, 3.63) is 34.2 Å². The summed E-state index contributed by atoms with van der Waals surface area (Å²) in [6.45, 7) is 0. The maximum absolute atomic E-state index is 13.1. The molecule has 70 valence electrons. The van der Waals surface area contributed by atoms with E-state index in [1.165, 1.54) is 6.07 Å². The number of aromatic amines is 1. The fourth-order valence-corrected chi connectivity index (χ4v) is 1.75. The average molecular weight is 253 g/mol. The van der Waals surface area contributed by atoms with Gasteiger partial charge in [0.15, 0.2) is 0 Å². The van der Waals surface area contributed by atoms with E-state index in [0.29, 0.717) is 10.9 Å². The normalized spacial score (nSPS) is 10.4. The van der Waals surface area contributed by atoms with E-state index in [2.05, 4.69) is 27.0 Å². The van der Waals surface area contributed by atoms with Crippen LogP contribution < -0.4 is 0 Å². The number of halogens is 2. The van der Waals surface area contributed by atoms with Crippen LogP contribution in [0.2, 0.25) is 0 Å². The first-order chi connectivity index (χ1) is 6.72. The summed E-state index contributed by atoms with van der Waals surface area (Å²) in [5, 5.41) is 9.46. The van der Waals surface area contributed by atoms with E-state index < -0.39 is 0 Å². The first-order valence-corrected chi connectivity index (χ1v) is 4.83. The van der Waals surface area contributed by atoms with Crippen molar-refractivity contribution in [1.29, 1.82) is 5.26 Å². The molecule has 0 radical (unpaired) electrons. The third kappa shape index (κ3) is 1.40. The molecule has 0 bridgehead atoms. The number of rotatable bonds is 1. The Morgan fingerprint density at radius 1 is 1.50 bits per heavy atom. The second-order valence-corrected chi connectivity index (χ2v) is 3.82. The molecule has 1 aromatic heterocycles. The summed E-state index contributed by atoms with van der Waals surface area (Å²) in [5.41, 5.74) is 1.61. The lowest BCUT2D eigenvalue weighted by Gasteiger charge is -1.96. The van der Waals surface area contributed by atoms with E-state index in [9.17, 15) is 4.39 Å². The molecule has 0 saturated carbocycles. The Morgan fingerprint density at radius 2 is 2.29 bits per heavy atom. The van der Waals surface area contributed by atoms with Crippen LogP contribution in [-0.4, -0.2) is 4.98 Å². The van der Waals surface area contributed by atoms with E-state index in [1.54, 1.807) is 12.3 Å². The molecule has 1 N–H and O–H groups in total. The highest BCUT2D eigenvalue weighted by atomic mass is 79.9. The van der Waals surface area contributed by atoms with Gasteiger partial charge in [-0.25, -0.2) is 4.39 Å². The Morgan fingerprint density at radius 3 is 3.00 bits per heavy atom. The summed E-state index contributed by atoms with van der Waals surface area (Å²) in [5.74, 6) is -0.303. The number of nitriles is 1. The molecule has 0 aliphatic carbocycles. The van der Waals surface area contributed by atoms with Crippen molar-refractivity contribution in [2.24, 2.45) is 0 Å². The van der Waals surface area contributed by atoms with Gasteiger partial charge in [-0.1, -0.05) is 0 Å². The summed E-state index contributed by atoms with van der Waals surface area (Å²) >= 11 is 3.11. The fourth-order valence-electron chi connectivity index (χ4n) is 1.41. The summed E-state index contributed by atoms with van der Waals surface area (Å²) < 4.78 is 13.5. The van der Waals surface area contributed by atoms with Crippen molar-refractivity contribution in [1.82, 2.24) is 4.98 Å². The van der Waals surface area contributed by atoms with E-state index >= 15 is 0 Å². The van der Waals surface area contributed by atoms with Gasteiger partial charge in [0.05, 0.1) is 17.0 Å². The van der Waals surface area contributed by atoms with Crippen LogP contribution in [0.1, 0.15) is 5.56 Å². The Labute approximate surface area is 88.5 Å². The molecule has 2 rings (SSSR count). The van der Waals surface area contributed by atoms with Gasteiger partial charge in [0, 0.05) is 17.1 Å². The SMILES string of the molecule is N#CCc1c[nH]c2cc(F)c(Br)cc12. The van der Waals surface area contributed by atoms with Crippen LogP contribution in [0.25, 0.3) is 10.9 Å². The predicted molar refractivity (Wildman–Crippen MR) is 55.3 cm³/mol. The van der Waals surface area contributed by atoms with E-state index in [4.69, 9.17) is 5.26 Å². The number of hydrogen-bond donors (Lipinski definition) is 1. The third-order valence-electron chi connectivity index (χ3n) is 2.08. The van der Waals surface area contributed by atoms with Gasteiger partial charge >= 0.3 is 0 Å². The average Bonchev–Trinajstić information content (AvgIpc) is 2.51. The highest BCUT2D eigenvalue weighted by molar-refractivity contribution is 9.10. The molecule has 1 aromatic carbocycles. The van der Waals surface area contributed by atoms with E-state index in [-0.39, 0.29) is 5.82 Å².